The third-order valence-electron chi connectivity index (χ3n) is 6.93. The molecule has 0 bridgehead atoms. The Morgan fingerprint density at radius 3 is 1.96 bits per heavy atom. The molecule has 1 aromatic rings. The van der Waals surface area contributed by atoms with Gasteiger partial charge < -0.3 is 0 Å². The van der Waals surface area contributed by atoms with Crippen LogP contribution in [0.15, 0.2) is 24.3 Å². The fourth-order valence-corrected chi connectivity index (χ4v) is 5.06. The summed E-state index contributed by atoms with van der Waals surface area (Å²) in [5.74, 6) is 1.05. The van der Waals surface area contributed by atoms with Gasteiger partial charge in [0, 0.05) is 0 Å². The number of benzene rings is 1. The average molecular weight is 386 g/mol. The molecule has 0 N–H and O–H groups in total. The fraction of sp³-hybridized carbons (Fsp3) is 0.640. The van der Waals surface area contributed by atoms with E-state index in [1.54, 1.807) is 6.07 Å². The first-order valence-electron chi connectivity index (χ1n) is 11.2. The Morgan fingerprint density at radius 2 is 1.46 bits per heavy atom. The molecule has 2 fully saturated rings. The zero-order valence-corrected chi connectivity index (χ0v) is 17.1. The summed E-state index contributed by atoms with van der Waals surface area (Å²) < 4.78 is 27.8. The van der Waals surface area contributed by atoms with Gasteiger partial charge in [0.2, 0.25) is 0 Å². The van der Waals surface area contributed by atoms with E-state index in [2.05, 4.69) is 19.1 Å². The molecule has 0 saturated heterocycles. The van der Waals surface area contributed by atoms with Crippen LogP contribution in [0.3, 0.4) is 0 Å². The van der Waals surface area contributed by atoms with E-state index >= 15 is 0 Å². The summed E-state index contributed by atoms with van der Waals surface area (Å²) in [6, 6.07) is 4.32. The lowest BCUT2D eigenvalue weighted by Crippen LogP contribution is -2.15. The van der Waals surface area contributed by atoms with E-state index in [0.717, 1.165) is 37.5 Å². The molecular weight excluding hydrogens is 352 g/mol. The number of nitriles is 1. The second kappa shape index (κ2) is 10.2. The van der Waals surface area contributed by atoms with Crippen LogP contribution < -0.4 is 0 Å². The molecule has 1 nitrogen and oxygen atoms in total. The second-order valence-electron chi connectivity index (χ2n) is 8.89. The molecule has 1 aromatic carbocycles. The number of hydrogen-bond acceptors (Lipinski definition) is 1. The van der Waals surface area contributed by atoms with E-state index in [1.165, 1.54) is 57.1 Å². The van der Waals surface area contributed by atoms with Crippen molar-refractivity contribution in [3.05, 3.63) is 47.0 Å². The molecule has 3 rings (SSSR count). The Morgan fingerprint density at radius 1 is 0.929 bits per heavy atom. The average Bonchev–Trinajstić information content (AvgIpc) is 2.71. The van der Waals surface area contributed by atoms with Crippen LogP contribution in [0.1, 0.15) is 94.6 Å². The first kappa shape index (κ1) is 21.0. The Labute approximate surface area is 168 Å². The standard InChI is InChI=1S/C25H33F2N/c1-2-3-4-18-5-7-19(8-6-18)9-10-20-11-13-21(14-12-20)22-15-24(26)23(17-28)25(27)16-22/h9-10,15-16,18-21H,2-8,11-14H2,1H3/b10-9+. The number of halogens is 2. The van der Waals surface area contributed by atoms with E-state index in [9.17, 15) is 8.78 Å². The molecule has 2 aliphatic rings. The molecular formula is C25H33F2N. The van der Waals surface area contributed by atoms with Gasteiger partial charge in [0.05, 0.1) is 0 Å². The van der Waals surface area contributed by atoms with Crippen molar-refractivity contribution < 1.29 is 8.78 Å². The summed E-state index contributed by atoms with van der Waals surface area (Å²) in [7, 11) is 0. The maximum absolute atomic E-state index is 13.9. The molecule has 2 saturated carbocycles. The van der Waals surface area contributed by atoms with Crippen molar-refractivity contribution in [2.75, 3.05) is 0 Å². The van der Waals surface area contributed by atoms with Gasteiger partial charge >= 0.3 is 0 Å². The van der Waals surface area contributed by atoms with Gasteiger partial charge in [0.15, 0.2) is 0 Å². The molecule has 0 amide bonds. The van der Waals surface area contributed by atoms with Crippen molar-refractivity contribution in [1.82, 2.24) is 0 Å². The maximum atomic E-state index is 13.9. The van der Waals surface area contributed by atoms with Gasteiger partial charge in [0.1, 0.15) is 23.3 Å². The van der Waals surface area contributed by atoms with Crippen LogP contribution in [0.2, 0.25) is 0 Å². The van der Waals surface area contributed by atoms with Crippen molar-refractivity contribution >= 4 is 0 Å². The van der Waals surface area contributed by atoms with Crippen molar-refractivity contribution in [3.63, 3.8) is 0 Å². The Bertz CT molecular complexity index is 679. The third kappa shape index (κ3) is 5.43. The van der Waals surface area contributed by atoms with Crippen molar-refractivity contribution in [3.8, 4) is 6.07 Å². The molecule has 0 atom stereocenters. The monoisotopic (exact) mass is 385 g/mol. The zero-order valence-electron chi connectivity index (χ0n) is 17.1. The number of hydrogen-bond donors (Lipinski definition) is 0. The number of rotatable bonds is 6. The molecule has 152 valence electrons. The lowest BCUT2D eigenvalue weighted by molar-refractivity contribution is 0.289. The Hall–Kier alpha value is -1.69. The van der Waals surface area contributed by atoms with E-state index in [-0.39, 0.29) is 5.92 Å². The van der Waals surface area contributed by atoms with Crippen LogP contribution in [0.5, 0.6) is 0 Å². The largest absolute Gasteiger partial charge is 0.205 e. The van der Waals surface area contributed by atoms with E-state index in [0.29, 0.717) is 11.5 Å². The highest BCUT2D eigenvalue weighted by atomic mass is 19.1. The molecule has 2 aliphatic carbocycles. The van der Waals surface area contributed by atoms with Crippen LogP contribution in [0, 0.1) is 40.7 Å². The highest BCUT2D eigenvalue weighted by Crippen LogP contribution is 2.38. The third-order valence-corrected chi connectivity index (χ3v) is 6.93. The van der Waals surface area contributed by atoms with Gasteiger partial charge in [-0.2, -0.15) is 5.26 Å². The summed E-state index contributed by atoms with van der Waals surface area (Å²) in [6.07, 6.45) is 18.5. The number of nitrogens with zero attached hydrogens (tertiary/aromatic N) is 1. The van der Waals surface area contributed by atoms with Crippen molar-refractivity contribution in [2.45, 2.75) is 83.5 Å². The van der Waals surface area contributed by atoms with Gasteiger partial charge in [0.25, 0.3) is 0 Å². The van der Waals surface area contributed by atoms with E-state index in [1.807, 2.05) is 0 Å². The van der Waals surface area contributed by atoms with Gasteiger partial charge in [-0.3, -0.25) is 0 Å². The topological polar surface area (TPSA) is 23.8 Å². The summed E-state index contributed by atoms with van der Waals surface area (Å²) in [4.78, 5) is 0. The molecule has 0 heterocycles. The first-order chi connectivity index (χ1) is 13.6. The summed E-state index contributed by atoms with van der Waals surface area (Å²) in [6.45, 7) is 2.28. The number of allylic oxidation sites excluding steroid dienone is 2. The lowest BCUT2D eigenvalue weighted by atomic mass is 9.76. The van der Waals surface area contributed by atoms with Gasteiger partial charge in [-0.15, -0.1) is 0 Å². The van der Waals surface area contributed by atoms with Crippen LogP contribution in [0.25, 0.3) is 0 Å². The lowest BCUT2D eigenvalue weighted by Gasteiger charge is -2.29. The van der Waals surface area contributed by atoms with Crippen molar-refractivity contribution in [2.24, 2.45) is 17.8 Å². The molecule has 0 unspecified atom stereocenters. The van der Waals surface area contributed by atoms with Gasteiger partial charge in [-0.25, -0.2) is 8.78 Å². The normalized spacial score (nSPS) is 28.4. The minimum Gasteiger partial charge on any atom is -0.205 e. The predicted octanol–water partition coefficient (Wildman–Crippen LogP) is 7.66. The SMILES string of the molecule is CCCCC1CCC(/C=C/C2CCC(c3cc(F)c(C#N)c(F)c3)CC2)CC1. The molecule has 3 heteroatoms. The predicted molar refractivity (Wildman–Crippen MR) is 110 cm³/mol. The second-order valence-corrected chi connectivity index (χ2v) is 8.89. The summed E-state index contributed by atoms with van der Waals surface area (Å²) >= 11 is 0. The molecule has 0 radical (unpaired) electrons. The summed E-state index contributed by atoms with van der Waals surface area (Å²) in [5.41, 5.74) is 0.242. The molecule has 0 spiro atoms. The molecule has 0 aromatic heterocycles. The van der Waals surface area contributed by atoms with Crippen LogP contribution >= 0.6 is 0 Å². The highest BCUT2D eigenvalue weighted by Gasteiger charge is 2.24. The smallest absolute Gasteiger partial charge is 0.144 e. The maximum Gasteiger partial charge on any atom is 0.144 e. The van der Waals surface area contributed by atoms with E-state index in [4.69, 9.17) is 5.26 Å². The fourth-order valence-electron chi connectivity index (χ4n) is 5.06. The van der Waals surface area contributed by atoms with Crippen LogP contribution in [-0.2, 0) is 0 Å². The first-order valence-corrected chi connectivity index (χ1v) is 11.2. The number of unbranched alkanes of at least 4 members (excludes halogenated alkanes) is 1. The van der Waals surface area contributed by atoms with Gasteiger partial charge in [-0.05, 0) is 92.7 Å². The Balaban J connectivity index is 1.46. The van der Waals surface area contributed by atoms with E-state index < -0.39 is 17.2 Å². The Kier molecular flexibility index (Phi) is 7.65. The molecule has 0 aliphatic heterocycles. The zero-order chi connectivity index (χ0) is 19.9. The minimum atomic E-state index is -0.728. The summed E-state index contributed by atoms with van der Waals surface area (Å²) in [5, 5.41) is 8.82. The molecule has 28 heavy (non-hydrogen) atoms. The van der Waals surface area contributed by atoms with Gasteiger partial charge in [-0.1, -0.05) is 38.3 Å². The van der Waals surface area contributed by atoms with Crippen LogP contribution in [0.4, 0.5) is 8.78 Å². The highest BCUT2D eigenvalue weighted by molar-refractivity contribution is 5.36. The van der Waals surface area contributed by atoms with Crippen molar-refractivity contribution in [1.29, 1.82) is 5.26 Å². The van der Waals surface area contributed by atoms with Crippen LogP contribution in [-0.4, -0.2) is 0 Å². The minimum absolute atomic E-state index is 0.204. The quantitative estimate of drug-likeness (QED) is 0.461.